The second-order valence-electron chi connectivity index (χ2n) is 13.3. The van der Waals surface area contributed by atoms with E-state index in [0.717, 1.165) is 39.0 Å². The summed E-state index contributed by atoms with van der Waals surface area (Å²) in [6.45, 7) is 0. The zero-order chi connectivity index (χ0) is 35.1. The van der Waals surface area contributed by atoms with Gasteiger partial charge < -0.3 is 4.57 Å². The molecule has 8 aromatic carbocycles. The van der Waals surface area contributed by atoms with Crippen molar-refractivity contribution < 1.29 is 0 Å². The Balaban J connectivity index is 1.17. The van der Waals surface area contributed by atoms with Crippen molar-refractivity contribution in [1.29, 1.82) is 0 Å². The topological polar surface area (TPSA) is 43.6 Å². The highest BCUT2D eigenvalue weighted by Crippen LogP contribution is 2.38. The largest absolute Gasteiger partial charge is 0.309 e. The van der Waals surface area contributed by atoms with Crippen LogP contribution < -0.4 is 0 Å². The molecule has 2 heterocycles. The lowest BCUT2D eigenvalue weighted by molar-refractivity contribution is 1.07. The zero-order valence-corrected chi connectivity index (χ0v) is 28.8. The van der Waals surface area contributed by atoms with Gasteiger partial charge in [-0.3, -0.25) is 0 Å². The first-order valence-electron chi connectivity index (χ1n) is 17.9. The second-order valence-corrected chi connectivity index (χ2v) is 13.3. The summed E-state index contributed by atoms with van der Waals surface area (Å²) in [6.07, 6.45) is 0. The Labute approximate surface area is 307 Å². The zero-order valence-electron chi connectivity index (χ0n) is 28.8. The van der Waals surface area contributed by atoms with Crippen LogP contribution in [0, 0.1) is 0 Å². The Morgan fingerprint density at radius 1 is 0.283 bits per heavy atom. The summed E-state index contributed by atoms with van der Waals surface area (Å²) in [6, 6.07) is 68.2. The summed E-state index contributed by atoms with van der Waals surface area (Å²) in [5.41, 5.74) is 10.8. The van der Waals surface area contributed by atoms with Crippen molar-refractivity contribution in [2.45, 2.75) is 0 Å². The molecule has 0 saturated carbocycles. The first-order chi connectivity index (χ1) is 26.2. The molecule has 0 unspecified atom stereocenters. The fourth-order valence-electron chi connectivity index (χ4n) is 7.35. The number of hydrogen-bond acceptors (Lipinski definition) is 3. The molecular weight excluding hydrogens is 645 g/mol. The van der Waals surface area contributed by atoms with Gasteiger partial charge in [0, 0.05) is 33.2 Å². The highest BCUT2D eigenvalue weighted by atomic mass is 15.0. The predicted molar refractivity (Wildman–Crippen MR) is 219 cm³/mol. The average Bonchev–Trinajstić information content (AvgIpc) is 3.57. The molecule has 0 bridgehead atoms. The molecule has 0 aliphatic heterocycles. The van der Waals surface area contributed by atoms with Gasteiger partial charge in [0.15, 0.2) is 17.5 Å². The monoisotopic (exact) mass is 676 g/mol. The van der Waals surface area contributed by atoms with Gasteiger partial charge in [0.05, 0.1) is 11.0 Å². The maximum atomic E-state index is 5.13. The third kappa shape index (κ3) is 5.63. The van der Waals surface area contributed by atoms with Crippen molar-refractivity contribution in [2.75, 3.05) is 0 Å². The van der Waals surface area contributed by atoms with E-state index in [9.17, 15) is 0 Å². The van der Waals surface area contributed by atoms with E-state index in [1.165, 1.54) is 38.2 Å². The molecule has 0 amide bonds. The first-order valence-corrected chi connectivity index (χ1v) is 17.9. The van der Waals surface area contributed by atoms with Crippen molar-refractivity contribution >= 4 is 32.6 Å². The molecule has 248 valence electrons. The summed E-state index contributed by atoms with van der Waals surface area (Å²) in [7, 11) is 0. The lowest BCUT2D eigenvalue weighted by atomic mass is 10.0. The molecule has 0 fully saturated rings. The van der Waals surface area contributed by atoms with Gasteiger partial charge in [-0.05, 0) is 57.3 Å². The van der Waals surface area contributed by atoms with Crippen LogP contribution in [-0.2, 0) is 0 Å². The Hall–Kier alpha value is -7.17. The van der Waals surface area contributed by atoms with E-state index in [0.29, 0.717) is 17.5 Å². The SMILES string of the molecule is c1ccc(-c2ccc(-c3nc(-c4ccccc4)nc(-c4ccc5c6ccc(-c7ccccc7)cc6n(-c6ccc7ccccc7c6)c5c4)n3)cc2)cc1. The van der Waals surface area contributed by atoms with E-state index in [2.05, 4.69) is 162 Å². The van der Waals surface area contributed by atoms with Crippen molar-refractivity contribution in [2.24, 2.45) is 0 Å². The lowest BCUT2D eigenvalue weighted by Crippen LogP contribution is -2.00. The molecule has 0 saturated heterocycles. The summed E-state index contributed by atoms with van der Waals surface area (Å²) < 4.78 is 2.38. The molecule has 0 aliphatic rings. The van der Waals surface area contributed by atoms with Gasteiger partial charge >= 0.3 is 0 Å². The number of rotatable bonds is 6. The number of benzene rings is 8. The number of hydrogen-bond donors (Lipinski definition) is 0. The van der Waals surface area contributed by atoms with Crippen molar-refractivity contribution in [3.05, 3.63) is 194 Å². The van der Waals surface area contributed by atoms with Crippen molar-refractivity contribution in [3.63, 3.8) is 0 Å². The number of nitrogens with zero attached hydrogens (tertiary/aromatic N) is 4. The van der Waals surface area contributed by atoms with Crippen LogP contribution in [0.15, 0.2) is 194 Å². The Morgan fingerprint density at radius 2 is 0.698 bits per heavy atom. The van der Waals surface area contributed by atoms with Gasteiger partial charge in [0.25, 0.3) is 0 Å². The van der Waals surface area contributed by atoms with Crippen molar-refractivity contribution in [3.8, 4) is 62.1 Å². The van der Waals surface area contributed by atoms with Crippen molar-refractivity contribution in [1.82, 2.24) is 19.5 Å². The highest BCUT2D eigenvalue weighted by Gasteiger charge is 2.18. The van der Waals surface area contributed by atoms with Gasteiger partial charge in [-0.15, -0.1) is 0 Å². The van der Waals surface area contributed by atoms with E-state index in [4.69, 9.17) is 15.0 Å². The molecular formula is C49H32N4. The van der Waals surface area contributed by atoms with E-state index in [1.807, 2.05) is 36.4 Å². The Morgan fingerprint density at radius 3 is 1.32 bits per heavy atom. The van der Waals surface area contributed by atoms with Gasteiger partial charge in [-0.1, -0.05) is 170 Å². The van der Waals surface area contributed by atoms with E-state index in [-0.39, 0.29) is 0 Å². The van der Waals surface area contributed by atoms with E-state index in [1.54, 1.807) is 0 Å². The highest BCUT2D eigenvalue weighted by molar-refractivity contribution is 6.11. The standard InChI is InChI=1S/C49H32N4/c1-4-12-33(13-5-1)36-20-22-38(23-21-36)48-50-47(37-17-8-3-9-18-37)51-49(52-48)41-26-29-44-43-28-25-40(34-14-6-2-7-15-34)31-45(43)53(46(44)32-41)42-27-24-35-16-10-11-19-39(35)30-42/h1-32H. The summed E-state index contributed by atoms with van der Waals surface area (Å²) >= 11 is 0. The van der Waals surface area contributed by atoms with E-state index >= 15 is 0 Å². The van der Waals surface area contributed by atoms with Crippen LogP contribution in [0.3, 0.4) is 0 Å². The average molecular weight is 677 g/mol. The molecule has 10 rings (SSSR count). The van der Waals surface area contributed by atoms with Gasteiger partial charge in [0.1, 0.15) is 0 Å². The molecule has 0 spiro atoms. The van der Waals surface area contributed by atoms with Crippen LogP contribution in [0.25, 0.3) is 94.7 Å². The van der Waals surface area contributed by atoms with E-state index < -0.39 is 0 Å². The van der Waals surface area contributed by atoms with Crippen LogP contribution in [-0.4, -0.2) is 19.5 Å². The first kappa shape index (κ1) is 30.6. The molecule has 0 atom stereocenters. The van der Waals surface area contributed by atoms with Crippen LogP contribution in [0.2, 0.25) is 0 Å². The van der Waals surface area contributed by atoms with Gasteiger partial charge in [-0.25, -0.2) is 15.0 Å². The summed E-state index contributed by atoms with van der Waals surface area (Å²) in [5.74, 6) is 1.90. The Kier molecular flexibility index (Phi) is 7.43. The van der Waals surface area contributed by atoms with Crippen LogP contribution >= 0.6 is 0 Å². The molecule has 4 nitrogen and oxygen atoms in total. The van der Waals surface area contributed by atoms with Crippen LogP contribution in [0.4, 0.5) is 0 Å². The molecule has 0 N–H and O–H groups in total. The molecule has 10 aromatic rings. The molecule has 53 heavy (non-hydrogen) atoms. The minimum absolute atomic E-state index is 0.628. The normalized spacial score (nSPS) is 11.4. The molecule has 0 aliphatic carbocycles. The fourth-order valence-corrected chi connectivity index (χ4v) is 7.35. The Bertz CT molecular complexity index is 2910. The fraction of sp³-hybridized carbons (Fsp3) is 0. The van der Waals surface area contributed by atoms with Gasteiger partial charge in [0.2, 0.25) is 0 Å². The molecule has 2 aromatic heterocycles. The quantitative estimate of drug-likeness (QED) is 0.176. The second kappa shape index (κ2) is 12.9. The molecule has 4 heteroatoms. The third-order valence-electron chi connectivity index (χ3n) is 10.0. The summed E-state index contributed by atoms with van der Waals surface area (Å²) in [5, 5.41) is 4.78. The van der Waals surface area contributed by atoms with Crippen LogP contribution in [0.5, 0.6) is 0 Å². The minimum Gasteiger partial charge on any atom is -0.309 e. The lowest BCUT2D eigenvalue weighted by Gasteiger charge is -2.12. The number of fused-ring (bicyclic) bond motifs is 4. The minimum atomic E-state index is 0.628. The summed E-state index contributed by atoms with van der Waals surface area (Å²) in [4.78, 5) is 15.2. The molecule has 0 radical (unpaired) electrons. The maximum Gasteiger partial charge on any atom is 0.164 e. The smallest absolute Gasteiger partial charge is 0.164 e. The number of aromatic nitrogens is 4. The third-order valence-corrected chi connectivity index (χ3v) is 10.0. The maximum absolute atomic E-state index is 5.13. The van der Waals surface area contributed by atoms with Crippen LogP contribution in [0.1, 0.15) is 0 Å². The predicted octanol–water partition coefficient (Wildman–Crippen LogP) is 12.5. The van der Waals surface area contributed by atoms with Gasteiger partial charge in [-0.2, -0.15) is 0 Å².